The van der Waals surface area contributed by atoms with Crippen molar-refractivity contribution in [2.75, 3.05) is 35.2 Å². The van der Waals surface area contributed by atoms with Gasteiger partial charge in [-0.05, 0) is 55.7 Å². The molecule has 2 aromatic rings. The van der Waals surface area contributed by atoms with Crippen molar-refractivity contribution in [3.8, 4) is 0 Å². The van der Waals surface area contributed by atoms with Gasteiger partial charge < -0.3 is 20.4 Å². The molecule has 0 bridgehead atoms. The van der Waals surface area contributed by atoms with Crippen molar-refractivity contribution in [2.45, 2.75) is 25.7 Å². The number of carbonyl (C=O) groups is 3. The predicted octanol–water partition coefficient (Wildman–Crippen LogP) is 3.70. The van der Waals surface area contributed by atoms with Gasteiger partial charge in [-0.3, -0.25) is 9.59 Å². The minimum absolute atomic E-state index is 0.0859. The number of likely N-dealkylation sites (tertiary alicyclic amines) is 1. The molecule has 7 nitrogen and oxygen atoms in total. The van der Waals surface area contributed by atoms with E-state index in [0.717, 1.165) is 37.2 Å². The first-order valence-electron chi connectivity index (χ1n) is 10.4. The molecule has 4 rings (SSSR count). The Morgan fingerprint density at radius 2 is 1.60 bits per heavy atom. The monoisotopic (exact) mass is 406 g/mol. The summed E-state index contributed by atoms with van der Waals surface area (Å²) in [5.74, 6) is -0.194. The second kappa shape index (κ2) is 8.98. The molecule has 0 saturated carbocycles. The van der Waals surface area contributed by atoms with Crippen LogP contribution in [0.3, 0.4) is 0 Å². The first-order valence-corrected chi connectivity index (χ1v) is 10.4. The van der Waals surface area contributed by atoms with Gasteiger partial charge in [-0.25, -0.2) is 4.79 Å². The number of anilines is 3. The SMILES string of the molecule is O=C(Nc1ccc(N2CCCC2=O)cc1)[C@H]1CCCN(C(=O)Nc2ccccc2)C1. The van der Waals surface area contributed by atoms with Crippen LogP contribution in [0.25, 0.3) is 0 Å². The Hall–Kier alpha value is -3.35. The van der Waals surface area contributed by atoms with Gasteiger partial charge in [0.15, 0.2) is 0 Å². The summed E-state index contributed by atoms with van der Waals surface area (Å²) in [6, 6.07) is 16.5. The highest BCUT2D eigenvalue weighted by Crippen LogP contribution is 2.24. The van der Waals surface area contributed by atoms with E-state index in [2.05, 4.69) is 10.6 Å². The standard InChI is InChI=1S/C23H26N4O3/c28-21-9-5-15-27(21)20-12-10-19(11-13-20)24-22(29)17-6-4-14-26(16-17)23(30)25-18-7-2-1-3-8-18/h1-3,7-8,10-13,17H,4-6,9,14-16H2,(H,24,29)(H,25,30)/t17-/m0/s1. The zero-order chi connectivity index (χ0) is 20.9. The molecule has 7 heteroatoms. The third-order valence-corrected chi connectivity index (χ3v) is 5.62. The number of amides is 4. The maximum absolute atomic E-state index is 12.8. The predicted molar refractivity (Wildman–Crippen MR) is 116 cm³/mol. The molecule has 2 saturated heterocycles. The molecule has 30 heavy (non-hydrogen) atoms. The fourth-order valence-corrected chi connectivity index (χ4v) is 3.99. The highest BCUT2D eigenvalue weighted by molar-refractivity contribution is 5.97. The molecule has 2 fully saturated rings. The van der Waals surface area contributed by atoms with Gasteiger partial charge in [0.2, 0.25) is 11.8 Å². The summed E-state index contributed by atoms with van der Waals surface area (Å²) in [5, 5.41) is 5.83. The molecule has 0 aliphatic carbocycles. The van der Waals surface area contributed by atoms with E-state index in [1.54, 1.807) is 9.80 Å². The molecule has 0 unspecified atom stereocenters. The van der Waals surface area contributed by atoms with Crippen LogP contribution in [-0.2, 0) is 9.59 Å². The maximum atomic E-state index is 12.8. The number of urea groups is 1. The van der Waals surface area contributed by atoms with E-state index < -0.39 is 0 Å². The van der Waals surface area contributed by atoms with E-state index in [9.17, 15) is 14.4 Å². The van der Waals surface area contributed by atoms with Crippen LogP contribution in [0, 0.1) is 5.92 Å². The number of nitrogens with zero attached hydrogens (tertiary/aromatic N) is 2. The molecule has 2 aliphatic rings. The van der Waals surface area contributed by atoms with Gasteiger partial charge in [-0.1, -0.05) is 18.2 Å². The van der Waals surface area contributed by atoms with E-state index in [-0.39, 0.29) is 23.8 Å². The summed E-state index contributed by atoms with van der Waals surface area (Å²) in [6.45, 7) is 1.78. The highest BCUT2D eigenvalue weighted by atomic mass is 16.2. The molecule has 2 aliphatic heterocycles. The minimum atomic E-state index is -0.250. The average Bonchev–Trinajstić information content (AvgIpc) is 3.21. The minimum Gasteiger partial charge on any atom is -0.326 e. The van der Waals surface area contributed by atoms with Crippen molar-refractivity contribution in [3.05, 3.63) is 54.6 Å². The molecule has 0 aromatic heterocycles. The Bertz CT molecular complexity index is 914. The first kappa shape index (κ1) is 19.9. The highest BCUT2D eigenvalue weighted by Gasteiger charge is 2.28. The Kier molecular flexibility index (Phi) is 5.97. The Labute approximate surface area is 176 Å². The summed E-state index contributed by atoms with van der Waals surface area (Å²) in [7, 11) is 0. The summed E-state index contributed by atoms with van der Waals surface area (Å²) < 4.78 is 0. The Balaban J connectivity index is 1.33. The molecule has 1 atom stereocenters. The topological polar surface area (TPSA) is 81.8 Å². The van der Waals surface area contributed by atoms with E-state index in [0.29, 0.717) is 25.2 Å². The van der Waals surface area contributed by atoms with E-state index in [1.807, 2.05) is 54.6 Å². The largest absolute Gasteiger partial charge is 0.326 e. The number of hydrogen-bond donors (Lipinski definition) is 2. The molecule has 2 N–H and O–H groups in total. The van der Waals surface area contributed by atoms with E-state index in [4.69, 9.17) is 0 Å². The third-order valence-electron chi connectivity index (χ3n) is 5.62. The third kappa shape index (κ3) is 4.62. The Morgan fingerprint density at radius 1 is 0.867 bits per heavy atom. The summed E-state index contributed by atoms with van der Waals surface area (Å²) >= 11 is 0. The van der Waals surface area contributed by atoms with Crippen LogP contribution in [0.1, 0.15) is 25.7 Å². The fraction of sp³-hybridized carbons (Fsp3) is 0.348. The average molecular weight is 406 g/mol. The lowest BCUT2D eigenvalue weighted by atomic mass is 9.97. The van der Waals surface area contributed by atoms with Crippen LogP contribution in [0.2, 0.25) is 0 Å². The van der Waals surface area contributed by atoms with E-state index >= 15 is 0 Å². The zero-order valence-corrected chi connectivity index (χ0v) is 16.8. The quantitative estimate of drug-likeness (QED) is 0.812. The summed E-state index contributed by atoms with van der Waals surface area (Å²) in [6.07, 6.45) is 3.01. The molecule has 4 amide bonds. The van der Waals surface area contributed by atoms with Crippen molar-refractivity contribution in [2.24, 2.45) is 5.92 Å². The van der Waals surface area contributed by atoms with Crippen LogP contribution in [-0.4, -0.2) is 42.4 Å². The maximum Gasteiger partial charge on any atom is 0.321 e. The number of rotatable bonds is 4. The van der Waals surface area contributed by atoms with Gasteiger partial charge in [0.05, 0.1) is 5.92 Å². The lowest BCUT2D eigenvalue weighted by Crippen LogP contribution is -2.45. The normalized spacial score (nSPS) is 18.9. The molecular weight excluding hydrogens is 380 g/mol. The van der Waals surface area contributed by atoms with Crippen molar-refractivity contribution in [1.29, 1.82) is 0 Å². The lowest BCUT2D eigenvalue weighted by molar-refractivity contribution is -0.121. The molecule has 156 valence electrons. The van der Waals surface area contributed by atoms with Crippen LogP contribution >= 0.6 is 0 Å². The number of benzene rings is 2. The molecule has 0 radical (unpaired) electrons. The zero-order valence-electron chi connectivity index (χ0n) is 16.8. The van der Waals surface area contributed by atoms with Gasteiger partial charge in [0.1, 0.15) is 0 Å². The number of hydrogen-bond acceptors (Lipinski definition) is 3. The first-order chi connectivity index (χ1) is 14.6. The van der Waals surface area contributed by atoms with Gasteiger partial charge in [0, 0.05) is 43.1 Å². The Morgan fingerprint density at radius 3 is 2.30 bits per heavy atom. The van der Waals surface area contributed by atoms with Crippen molar-refractivity contribution < 1.29 is 14.4 Å². The number of carbonyl (C=O) groups excluding carboxylic acids is 3. The number of para-hydroxylation sites is 1. The van der Waals surface area contributed by atoms with Gasteiger partial charge in [0.25, 0.3) is 0 Å². The van der Waals surface area contributed by atoms with Gasteiger partial charge in [-0.15, -0.1) is 0 Å². The fourth-order valence-electron chi connectivity index (χ4n) is 3.99. The molecule has 2 heterocycles. The van der Waals surface area contributed by atoms with E-state index in [1.165, 1.54) is 0 Å². The number of piperidine rings is 1. The second-order valence-electron chi connectivity index (χ2n) is 7.77. The molecule has 2 aromatic carbocycles. The van der Waals surface area contributed by atoms with Crippen molar-refractivity contribution in [1.82, 2.24) is 4.90 Å². The lowest BCUT2D eigenvalue weighted by Gasteiger charge is -2.32. The number of nitrogens with one attached hydrogen (secondary N) is 2. The van der Waals surface area contributed by atoms with Crippen LogP contribution in [0.15, 0.2) is 54.6 Å². The van der Waals surface area contributed by atoms with Crippen LogP contribution in [0.5, 0.6) is 0 Å². The van der Waals surface area contributed by atoms with Gasteiger partial charge >= 0.3 is 6.03 Å². The second-order valence-corrected chi connectivity index (χ2v) is 7.77. The van der Waals surface area contributed by atoms with Gasteiger partial charge in [-0.2, -0.15) is 0 Å². The summed E-state index contributed by atoms with van der Waals surface area (Å²) in [5.41, 5.74) is 2.30. The summed E-state index contributed by atoms with van der Waals surface area (Å²) in [4.78, 5) is 40.6. The van der Waals surface area contributed by atoms with Crippen molar-refractivity contribution >= 4 is 34.9 Å². The molecule has 0 spiro atoms. The van der Waals surface area contributed by atoms with Crippen LogP contribution < -0.4 is 15.5 Å². The van der Waals surface area contributed by atoms with Crippen LogP contribution in [0.4, 0.5) is 21.9 Å². The molecular formula is C23H26N4O3. The smallest absolute Gasteiger partial charge is 0.321 e. The van der Waals surface area contributed by atoms with Crippen molar-refractivity contribution in [3.63, 3.8) is 0 Å².